The van der Waals surface area contributed by atoms with Crippen molar-refractivity contribution in [2.45, 2.75) is 24.2 Å². The van der Waals surface area contributed by atoms with Crippen molar-refractivity contribution < 1.29 is 14.6 Å². The van der Waals surface area contributed by atoms with E-state index in [2.05, 4.69) is 33.8 Å². The average Bonchev–Trinajstić information content (AvgIpc) is 3.31. The highest BCUT2D eigenvalue weighted by Crippen LogP contribution is 2.32. The maximum absolute atomic E-state index is 11.6. The van der Waals surface area contributed by atoms with Gasteiger partial charge in [0.05, 0.1) is 24.8 Å². The molecule has 0 aliphatic heterocycles. The van der Waals surface area contributed by atoms with Crippen LogP contribution in [-0.2, 0) is 4.74 Å². The third kappa shape index (κ3) is 5.16. The summed E-state index contributed by atoms with van der Waals surface area (Å²) < 4.78 is 6.84. The molecule has 4 aromatic rings. The molecule has 0 amide bonds. The minimum Gasteiger partial charge on any atom is -0.465 e. The molecule has 168 valence electrons. The number of aromatic nitrogens is 3. The molecular formula is C26H25N3O3S. The number of thioether (sulfide) groups is 1. The maximum atomic E-state index is 11.6. The highest BCUT2D eigenvalue weighted by Gasteiger charge is 2.21. The van der Waals surface area contributed by atoms with Crippen LogP contribution in [0, 0.1) is 0 Å². The first-order valence-electron chi connectivity index (χ1n) is 10.6. The van der Waals surface area contributed by atoms with Crippen molar-refractivity contribution in [1.29, 1.82) is 0 Å². The van der Waals surface area contributed by atoms with Gasteiger partial charge in [0.15, 0.2) is 11.0 Å². The van der Waals surface area contributed by atoms with Crippen molar-refractivity contribution in [1.82, 2.24) is 14.8 Å². The first kappa shape index (κ1) is 22.8. The van der Waals surface area contributed by atoms with Crippen LogP contribution in [0.2, 0.25) is 0 Å². The number of hydrogen-bond donors (Lipinski definition) is 1. The normalized spacial score (nSPS) is 12.8. The van der Waals surface area contributed by atoms with E-state index in [0.29, 0.717) is 11.3 Å². The van der Waals surface area contributed by atoms with Gasteiger partial charge in [-0.2, -0.15) is 0 Å². The van der Waals surface area contributed by atoms with Crippen molar-refractivity contribution in [2.75, 3.05) is 12.9 Å². The van der Waals surface area contributed by atoms with Gasteiger partial charge in [0.2, 0.25) is 0 Å². The van der Waals surface area contributed by atoms with Gasteiger partial charge in [0.1, 0.15) is 0 Å². The van der Waals surface area contributed by atoms with Gasteiger partial charge in [0.25, 0.3) is 0 Å². The van der Waals surface area contributed by atoms with E-state index in [4.69, 9.17) is 4.74 Å². The Labute approximate surface area is 197 Å². The van der Waals surface area contributed by atoms with E-state index in [1.807, 2.05) is 48.5 Å². The minimum absolute atomic E-state index is 0.00962. The fourth-order valence-electron chi connectivity index (χ4n) is 3.60. The summed E-state index contributed by atoms with van der Waals surface area (Å²) in [6.45, 7) is 2.12. The summed E-state index contributed by atoms with van der Waals surface area (Å²) in [7, 11) is 1.35. The number of nitrogens with zero attached hydrogens (tertiary/aromatic N) is 3. The number of rotatable bonds is 8. The Hall–Kier alpha value is -3.42. The molecule has 6 nitrogen and oxygen atoms in total. The van der Waals surface area contributed by atoms with Gasteiger partial charge in [-0.25, -0.2) is 4.79 Å². The second-order valence-electron chi connectivity index (χ2n) is 7.57. The molecule has 7 heteroatoms. The van der Waals surface area contributed by atoms with Gasteiger partial charge >= 0.3 is 5.97 Å². The Morgan fingerprint density at radius 2 is 1.58 bits per heavy atom. The third-order valence-corrected chi connectivity index (χ3v) is 6.47. The number of benzene rings is 3. The van der Waals surface area contributed by atoms with Crippen molar-refractivity contribution >= 4 is 17.7 Å². The number of methoxy groups -OCH3 is 1. The molecule has 2 unspecified atom stereocenters. The molecule has 3 aromatic carbocycles. The molecule has 1 aromatic heterocycles. The zero-order valence-corrected chi connectivity index (χ0v) is 19.3. The lowest BCUT2D eigenvalue weighted by atomic mass is 10.1. The van der Waals surface area contributed by atoms with Crippen molar-refractivity contribution in [3.05, 3.63) is 102 Å². The smallest absolute Gasteiger partial charge is 0.337 e. The first-order chi connectivity index (χ1) is 16.1. The topological polar surface area (TPSA) is 77.2 Å². The average molecular weight is 460 g/mol. The summed E-state index contributed by atoms with van der Waals surface area (Å²) in [6, 6.07) is 27.0. The van der Waals surface area contributed by atoms with E-state index >= 15 is 0 Å². The highest BCUT2D eigenvalue weighted by atomic mass is 32.2. The van der Waals surface area contributed by atoms with E-state index in [9.17, 15) is 9.90 Å². The quantitative estimate of drug-likeness (QED) is 0.289. The Bertz CT molecular complexity index is 1190. The van der Waals surface area contributed by atoms with Crippen molar-refractivity contribution in [3.63, 3.8) is 0 Å². The minimum atomic E-state index is -0.723. The predicted octanol–water partition coefficient (Wildman–Crippen LogP) is 5.17. The zero-order chi connectivity index (χ0) is 23.2. The van der Waals surface area contributed by atoms with Crippen LogP contribution in [0.15, 0.2) is 90.1 Å². The fraction of sp³-hybridized carbons (Fsp3) is 0.192. The Morgan fingerprint density at radius 3 is 2.21 bits per heavy atom. The summed E-state index contributed by atoms with van der Waals surface area (Å²) in [5, 5.41) is 20.4. The van der Waals surface area contributed by atoms with Crippen LogP contribution < -0.4 is 0 Å². The summed E-state index contributed by atoms with van der Waals surface area (Å²) in [6.07, 6.45) is -0.723. The van der Waals surface area contributed by atoms with Crippen LogP contribution in [0.3, 0.4) is 0 Å². The number of carbonyl (C=O) groups is 1. The molecule has 0 aliphatic carbocycles. The van der Waals surface area contributed by atoms with Gasteiger partial charge in [-0.15, -0.1) is 10.2 Å². The number of aliphatic hydroxyl groups is 1. The summed E-state index contributed by atoms with van der Waals surface area (Å²) in [4.78, 5) is 11.6. The second kappa shape index (κ2) is 10.5. The summed E-state index contributed by atoms with van der Waals surface area (Å²) in [5.74, 6) is 0.777. The molecule has 0 radical (unpaired) electrons. The van der Waals surface area contributed by atoms with Crippen molar-refractivity contribution in [2.24, 2.45) is 0 Å². The summed E-state index contributed by atoms with van der Waals surface area (Å²) in [5.41, 5.74) is 3.31. The summed E-state index contributed by atoms with van der Waals surface area (Å²) >= 11 is 1.45. The molecule has 0 saturated carbocycles. The van der Waals surface area contributed by atoms with Gasteiger partial charge in [-0.05, 0) is 30.2 Å². The van der Waals surface area contributed by atoms with E-state index in [-0.39, 0.29) is 6.04 Å². The molecule has 4 rings (SSSR count). The van der Waals surface area contributed by atoms with E-state index < -0.39 is 12.1 Å². The van der Waals surface area contributed by atoms with Gasteiger partial charge in [-0.3, -0.25) is 4.57 Å². The van der Waals surface area contributed by atoms with Crippen LogP contribution in [0.1, 0.15) is 40.6 Å². The van der Waals surface area contributed by atoms with E-state index in [0.717, 1.165) is 27.7 Å². The molecule has 0 fully saturated rings. The molecule has 1 heterocycles. The molecule has 0 spiro atoms. The lowest BCUT2D eigenvalue weighted by molar-refractivity contribution is 0.0600. The molecule has 33 heavy (non-hydrogen) atoms. The molecule has 1 N–H and O–H groups in total. The van der Waals surface area contributed by atoms with Gasteiger partial charge < -0.3 is 9.84 Å². The van der Waals surface area contributed by atoms with Crippen LogP contribution in [-0.4, -0.2) is 38.7 Å². The van der Waals surface area contributed by atoms with E-state index in [1.54, 1.807) is 24.3 Å². The van der Waals surface area contributed by atoms with Crippen LogP contribution in [0.25, 0.3) is 11.4 Å². The molecule has 0 saturated heterocycles. The SMILES string of the molecule is COC(=O)c1ccc(C(O)CSc2nnc(-c3ccccc3)n2C(C)c2ccccc2)cc1. The lowest BCUT2D eigenvalue weighted by Crippen LogP contribution is -2.11. The Kier molecular flexibility index (Phi) is 7.22. The number of esters is 1. The zero-order valence-electron chi connectivity index (χ0n) is 18.5. The van der Waals surface area contributed by atoms with Gasteiger partial charge in [0, 0.05) is 11.3 Å². The monoisotopic (exact) mass is 459 g/mol. The molecule has 2 atom stereocenters. The van der Waals surface area contributed by atoms with Crippen LogP contribution >= 0.6 is 11.8 Å². The number of ether oxygens (including phenoxy) is 1. The van der Waals surface area contributed by atoms with Crippen LogP contribution in [0.4, 0.5) is 0 Å². The molecule has 0 aliphatic rings. The van der Waals surface area contributed by atoms with Gasteiger partial charge in [-0.1, -0.05) is 84.6 Å². The highest BCUT2D eigenvalue weighted by molar-refractivity contribution is 7.99. The first-order valence-corrected chi connectivity index (χ1v) is 11.6. The fourth-order valence-corrected chi connectivity index (χ4v) is 4.58. The third-order valence-electron chi connectivity index (χ3n) is 5.45. The standard InChI is InChI=1S/C26H25N3O3S/c1-18(19-9-5-3-6-10-19)29-24(21-11-7-4-8-12-21)27-28-26(29)33-17-23(30)20-13-15-22(16-14-20)25(31)32-2/h3-16,18,23,30H,17H2,1-2H3. The maximum Gasteiger partial charge on any atom is 0.337 e. The molecule has 0 bridgehead atoms. The Balaban J connectivity index is 1.58. The van der Waals surface area contributed by atoms with Crippen LogP contribution in [0.5, 0.6) is 0 Å². The molecular weight excluding hydrogens is 434 g/mol. The largest absolute Gasteiger partial charge is 0.465 e. The van der Waals surface area contributed by atoms with Crippen molar-refractivity contribution in [3.8, 4) is 11.4 Å². The number of aliphatic hydroxyl groups excluding tert-OH is 1. The second-order valence-corrected chi connectivity index (χ2v) is 8.56. The van der Waals surface area contributed by atoms with E-state index in [1.165, 1.54) is 18.9 Å². The predicted molar refractivity (Wildman–Crippen MR) is 129 cm³/mol. The Morgan fingerprint density at radius 1 is 0.939 bits per heavy atom. The lowest BCUT2D eigenvalue weighted by Gasteiger charge is -2.19. The number of carbonyl (C=O) groups excluding carboxylic acids is 1. The number of hydrogen-bond acceptors (Lipinski definition) is 6.